The van der Waals surface area contributed by atoms with E-state index < -0.39 is 86.8 Å². The average molecular weight is 1120 g/mol. The van der Waals surface area contributed by atoms with E-state index >= 15 is 0 Å². The topological polar surface area (TPSA) is 228 Å². The van der Waals surface area contributed by atoms with E-state index in [9.17, 15) is 45.6 Å². The first kappa shape index (κ1) is 73.1. The fourth-order valence-corrected chi connectivity index (χ4v) is 10.5. The number of carbonyl (C=O) groups is 1. The second-order valence-corrected chi connectivity index (χ2v) is 22.9. The Labute approximate surface area is 480 Å². The second-order valence-electron chi connectivity index (χ2n) is 22.9. The predicted octanol–water partition coefficient (Wildman–Crippen LogP) is 12.0. The minimum Gasteiger partial charge on any atom is -0.394 e. The molecule has 0 aromatic carbocycles. The number of hydrogen-bond donors (Lipinski definition) is 9. The van der Waals surface area contributed by atoms with E-state index in [0.29, 0.717) is 6.42 Å². The average Bonchev–Trinajstić information content (AvgIpc) is 3.48. The van der Waals surface area contributed by atoms with Crippen molar-refractivity contribution in [2.45, 2.75) is 338 Å². The number of carbonyl (C=O) groups excluding carboxylic acids is 1. The van der Waals surface area contributed by atoms with Crippen molar-refractivity contribution < 1.29 is 64.6 Å². The number of rotatable bonds is 52. The molecule has 14 nitrogen and oxygen atoms in total. The molecule has 2 fully saturated rings. The van der Waals surface area contributed by atoms with Gasteiger partial charge >= 0.3 is 0 Å². The van der Waals surface area contributed by atoms with Crippen LogP contribution in [0, 0.1) is 0 Å². The highest BCUT2D eigenvalue weighted by Gasteiger charge is 2.51. The second kappa shape index (κ2) is 50.5. The predicted molar refractivity (Wildman–Crippen MR) is 318 cm³/mol. The third kappa shape index (κ3) is 35.6. The molecule has 2 saturated heterocycles. The number of amides is 1. The zero-order chi connectivity index (χ0) is 57.4. The first-order chi connectivity index (χ1) is 38.6. The summed E-state index contributed by atoms with van der Waals surface area (Å²) < 4.78 is 22.8. The molecule has 0 aromatic rings. The molecular weight excluding hydrogens is 1000 g/mol. The standard InChI is InChI=1S/C65H119NO13/c1-3-5-7-9-11-13-15-17-19-21-22-23-24-25-26-27-28-29-30-31-32-33-35-37-39-41-43-45-47-49-57(70)66-53(54(69)48-46-44-42-40-38-36-34-20-18-16-14-12-10-8-6-4-2)52-76-64-62(75)60(73)63(56(51-68)78-64)79-65-61(74)59(72)58(71)55(50-67)77-65/h15,17,21-22,24-25,46,48,53-56,58-65,67-69,71-75H,3-14,16,18-20,23,26-45,47,49-52H2,1-2H3,(H,66,70)/b17-15-,22-21-,25-24-,48-46+. The van der Waals surface area contributed by atoms with Gasteiger partial charge in [0.1, 0.15) is 48.8 Å². The summed E-state index contributed by atoms with van der Waals surface area (Å²) in [5, 5.41) is 87.2. The minimum atomic E-state index is -1.79. The van der Waals surface area contributed by atoms with Gasteiger partial charge in [-0.1, -0.05) is 249 Å². The van der Waals surface area contributed by atoms with Crippen LogP contribution in [0.2, 0.25) is 0 Å². The minimum absolute atomic E-state index is 0.239. The van der Waals surface area contributed by atoms with Crippen LogP contribution in [0.5, 0.6) is 0 Å². The molecule has 2 aliphatic rings. The van der Waals surface area contributed by atoms with Gasteiger partial charge in [0.25, 0.3) is 0 Å². The van der Waals surface area contributed by atoms with Crippen LogP contribution in [-0.4, -0.2) is 140 Å². The van der Waals surface area contributed by atoms with Crippen molar-refractivity contribution in [3.8, 4) is 0 Å². The van der Waals surface area contributed by atoms with E-state index in [2.05, 4.69) is 55.6 Å². The third-order valence-electron chi connectivity index (χ3n) is 15.8. The lowest BCUT2D eigenvalue weighted by molar-refractivity contribution is -0.359. The van der Waals surface area contributed by atoms with Crippen LogP contribution in [0.15, 0.2) is 48.6 Å². The Hall–Kier alpha value is -2.05. The number of nitrogens with one attached hydrogen (secondary N) is 1. The highest BCUT2D eigenvalue weighted by atomic mass is 16.7. The Morgan fingerprint density at radius 1 is 0.456 bits per heavy atom. The Bertz CT molecular complexity index is 1510. The van der Waals surface area contributed by atoms with E-state index in [-0.39, 0.29) is 18.9 Å². The SMILES string of the molecule is CCCCCCC/C=C\C/C=C\C/C=C\CCCCCCCCCCCCCCCCC(=O)NC(COC1OC(CO)C(OC2OC(CO)C(O)C(O)C2O)C(O)C1O)C(O)/C=C/CCCCCCCCCCCCCCCC. The monoisotopic (exact) mass is 1120 g/mol. The van der Waals surface area contributed by atoms with Gasteiger partial charge in [-0.05, 0) is 57.8 Å². The van der Waals surface area contributed by atoms with Gasteiger partial charge in [-0.3, -0.25) is 4.79 Å². The largest absolute Gasteiger partial charge is 0.394 e. The lowest BCUT2D eigenvalue weighted by Gasteiger charge is -2.46. The number of aliphatic hydroxyl groups is 8. The molecule has 12 atom stereocenters. The maximum absolute atomic E-state index is 13.3. The van der Waals surface area contributed by atoms with Crippen LogP contribution in [0.25, 0.3) is 0 Å². The van der Waals surface area contributed by atoms with Gasteiger partial charge in [0, 0.05) is 6.42 Å². The highest BCUT2D eigenvalue weighted by molar-refractivity contribution is 5.76. The fourth-order valence-electron chi connectivity index (χ4n) is 10.5. The van der Waals surface area contributed by atoms with E-state index in [4.69, 9.17) is 18.9 Å². The third-order valence-corrected chi connectivity index (χ3v) is 15.8. The van der Waals surface area contributed by atoms with Gasteiger partial charge < -0.3 is 65.1 Å². The molecule has 2 heterocycles. The van der Waals surface area contributed by atoms with Crippen LogP contribution in [-0.2, 0) is 23.7 Å². The van der Waals surface area contributed by atoms with Crippen molar-refractivity contribution in [3.05, 3.63) is 48.6 Å². The molecule has 14 heteroatoms. The van der Waals surface area contributed by atoms with Crippen LogP contribution in [0.3, 0.4) is 0 Å². The first-order valence-electron chi connectivity index (χ1n) is 32.4. The summed E-state index contributed by atoms with van der Waals surface area (Å²) in [5.41, 5.74) is 0. The molecule has 2 rings (SSSR count). The van der Waals surface area contributed by atoms with Crippen molar-refractivity contribution in [3.63, 3.8) is 0 Å². The molecule has 1 amide bonds. The summed E-state index contributed by atoms with van der Waals surface area (Å²) in [6, 6.07) is -0.915. The van der Waals surface area contributed by atoms with Gasteiger partial charge in [-0.2, -0.15) is 0 Å². The molecule has 2 aliphatic heterocycles. The summed E-state index contributed by atoms with van der Waals surface area (Å²) in [5.74, 6) is -0.239. The quantitative estimate of drug-likeness (QED) is 0.0204. The Kier molecular flexibility index (Phi) is 46.7. The zero-order valence-electron chi connectivity index (χ0n) is 49.9. The molecule has 79 heavy (non-hydrogen) atoms. The van der Waals surface area contributed by atoms with Gasteiger partial charge in [0.05, 0.1) is 32.0 Å². The molecule has 9 N–H and O–H groups in total. The summed E-state index contributed by atoms with van der Waals surface area (Å²) in [6.07, 6.45) is 47.2. The molecule has 0 radical (unpaired) electrons. The van der Waals surface area contributed by atoms with Gasteiger partial charge in [0.15, 0.2) is 12.6 Å². The molecular formula is C65H119NO13. The van der Waals surface area contributed by atoms with Crippen molar-refractivity contribution in [2.75, 3.05) is 19.8 Å². The van der Waals surface area contributed by atoms with E-state index in [1.807, 2.05) is 6.08 Å². The lowest BCUT2D eigenvalue weighted by Crippen LogP contribution is -2.65. The number of ether oxygens (including phenoxy) is 4. The summed E-state index contributed by atoms with van der Waals surface area (Å²) in [6.45, 7) is 2.80. The smallest absolute Gasteiger partial charge is 0.220 e. The van der Waals surface area contributed by atoms with E-state index in [1.165, 1.54) is 186 Å². The first-order valence-corrected chi connectivity index (χ1v) is 32.4. The molecule has 462 valence electrons. The number of allylic oxidation sites excluding steroid dienone is 7. The van der Waals surface area contributed by atoms with Crippen LogP contribution in [0.4, 0.5) is 0 Å². The fraction of sp³-hybridized carbons (Fsp3) is 0.862. The number of aliphatic hydroxyl groups excluding tert-OH is 8. The van der Waals surface area contributed by atoms with Crippen molar-refractivity contribution in [1.82, 2.24) is 5.32 Å². The normalized spacial score (nSPS) is 24.7. The number of unbranched alkanes of at least 4 members (excludes halogenated alkanes) is 33. The molecule has 0 spiro atoms. The van der Waals surface area contributed by atoms with Crippen molar-refractivity contribution >= 4 is 5.91 Å². The van der Waals surface area contributed by atoms with E-state index in [0.717, 1.165) is 51.4 Å². The van der Waals surface area contributed by atoms with Crippen LogP contribution < -0.4 is 5.32 Å². The van der Waals surface area contributed by atoms with Crippen molar-refractivity contribution in [1.29, 1.82) is 0 Å². The molecule has 0 saturated carbocycles. The molecule has 12 unspecified atom stereocenters. The summed E-state index contributed by atoms with van der Waals surface area (Å²) in [4.78, 5) is 13.3. The van der Waals surface area contributed by atoms with Gasteiger partial charge in [-0.15, -0.1) is 0 Å². The Balaban J connectivity index is 1.69. The Morgan fingerprint density at radius 3 is 1.28 bits per heavy atom. The van der Waals surface area contributed by atoms with Gasteiger partial charge in [0.2, 0.25) is 5.91 Å². The summed E-state index contributed by atoms with van der Waals surface area (Å²) >= 11 is 0. The maximum Gasteiger partial charge on any atom is 0.220 e. The van der Waals surface area contributed by atoms with Crippen molar-refractivity contribution in [2.24, 2.45) is 0 Å². The van der Waals surface area contributed by atoms with Gasteiger partial charge in [-0.25, -0.2) is 0 Å². The highest BCUT2D eigenvalue weighted by Crippen LogP contribution is 2.30. The summed E-state index contributed by atoms with van der Waals surface area (Å²) in [7, 11) is 0. The van der Waals surface area contributed by atoms with Crippen LogP contribution >= 0.6 is 0 Å². The van der Waals surface area contributed by atoms with E-state index in [1.54, 1.807) is 6.08 Å². The maximum atomic E-state index is 13.3. The molecule has 0 aliphatic carbocycles. The Morgan fingerprint density at radius 2 is 0.835 bits per heavy atom. The molecule has 0 bridgehead atoms. The molecule has 0 aromatic heterocycles. The number of hydrogen-bond acceptors (Lipinski definition) is 13. The lowest BCUT2D eigenvalue weighted by atomic mass is 9.97. The van der Waals surface area contributed by atoms with Crippen LogP contribution in [0.1, 0.15) is 264 Å². The zero-order valence-corrected chi connectivity index (χ0v) is 49.9.